The third-order valence-electron chi connectivity index (χ3n) is 1.45. The Balaban J connectivity index is 2.68. The molecule has 1 rings (SSSR count). The molecule has 0 aromatic carbocycles. The fraction of sp³-hybridized carbons (Fsp3) is 0.222. The molecule has 0 saturated carbocycles. The van der Waals surface area contributed by atoms with Gasteiger partial charge >= 0.3 is 5.97 Å². The molecule has 1 heterocycles. The van der Waals surface area contributed by atoms with Crippen LogP contribution in [-0.2, 0) is 9.53 Å². The summed E-state index contributed by atoms with van der Waals surface area (Å²) in [6, 6.07) is 5.43. The third kappa shape index (κ3) is 2.75. The maximum atomic E-state index is 10.8. The second-order valence-electron chi connectivity index (χ2n) is 2.33. The highest BCUT2D eigenvalue weighted by Crippen LogP contribution is 2.19. The fourth-order valence-electron chi connectivity index (χ4n) is 0.787. The summed E-state index contributed by atoms with van der Waals surface area (Å²) in [4.78, 5) is 15.4. The first-order valence-electron chi connectivity index (χ1n) is 3.82. The van der Waals surface area contributed by atoms with Crippen molar-refractivity contribution in [1.29, 1.82) is 5.26 Å². The average Bonchev–Trinajstić information content (AvgIpc) is 2.26. The van der Waals surface area contributed by atoms with Gasteiger partial charge in [-0.1, -0.05) is 0 Å². The van der Waals surface area contributed by atoms with Crippen molar-refractivity contribution in [2.45, 2.75) is 4.90 Å². The van der Waals surface area contributed by atoms with Crippen LogP contribution < -0.4 is 0 Å². The number of carbonyl (C=O) groups excluding carboxylic acids is 1. The van der Waals surface area contributed by atoms with Crippen molar-refractivity contribution in [3.05, 3.63) is 24.0 Å². The highest BCUT2D eigenvalue weighted by Gasteiger charge is 2.06. The SMILES string of the molecule is COC(=O)CSc1cccnc1C#N. The van der Waals surface area contributed by atoms with Crippen LogP contribution in [0.15, 0.2) is 23.2 Å². The van der Waals surface area contributed by atoms with Gasteiger partial charge in [0.15, 0.2) is 5.69 Å². The van der Waals surface area contributed by atoms with Gasteiger partial charge < -0.3 is 4.74 Å². The van der Waals surface area contributed by atoms with Crippen LogP contribution in [0.5, 0.6) is 0 Å². The maximum Gasteiger partial charge on any atom is 0.315 e. The van der Waals surface area contributed by atoms with Crippen molar-refractivity contribution in [1.82, 2.24) is 4.98 Å². The van der Waals surface area contributed by atoms with Crippen LogP contribution in [0.3, 0.4) is 0 Å². The van der Waals surface area contributed by atoms with Gasteiger partial charge in [0.1, 0.15) is 6.07 Å². The van der Waals surface area contributed by atoms with E-state index in [4.69, 9.17) is 5.26 Å². The Morgan fingerprint density at radius 3 is 3.21 bits per heavy atom. The number of pyridine rings is 1. The molecule has 0 N–H and O–H groups in total. The van der Waals surface area contributed by atoms with E-state index in [0.29, 0.717) is 10.6 Å². The van der Waals surface area contributed by atoms with E-state index < -0.39 is 0 Å². The Kier molecular flexibility index (Phi) is 3.95. The number of nitriles is 1. The van der Waals surface area contributed by atoms with Crippen molar-refractivity contribution in [2.24, 2.45) is 0 Å². The van der Waals surface area contributed by atoms with Crippen LogP contribution in [0.2, 0.25) is 0 Å². The molecule has 0 radical (unpaired) electrons. The van der Waals surface area contributed by atoms with E-state index in [1.165, 1.54) is 18.9 Å². The van der Waals surface area contributed by atoms with E-state index in [2.05, 4.69) is 9.72 Å². The number of nitrogens with zero attached hydrogens (tertiary/aromatic N) is 2. The minimum Gasteiger partial charge on any atom is -0.468 e. The number of thioether (sulfide) groups is 1. The van der Waals surface area contributed by atoms with Crippen molar-refractivity contribution in [2.75, 3.05) is 12.9 Å². The van der Waals surface area contributed by atoms with E-state index in [9.17, 15) is 4.79 Å². The quantitative estimate of drug-likeness (QED) is 0.552. The molecule has 5 heteroatoms. The number of methoxy groups -OCH3 is 1. The second-order valence-corrected chi connectivity index (χ2v) is 3.34. The molecule has 0 aliphatic heterocycles. The smallest absolute Gasteiger partial charge is 0.315 e. The van der Waals surface area contributed by atoms with Crippen LogP contribution in [0.1, 0.15) is 5.69 Å². The summed E-state index contributed by atoms with van der Waals surface area (Å²) < 4.78 is 4.48. The van der Waals surface area contributed by atoms with Gasteiger partial charge in [-0.25, -0.2) is 4.98 Å². The summed E-state index contributed by atoms with van der Waals surface area (Å²) in [5, 5.41) is 8.70. The second kappa shape index (κ2) is 5.25. The molecular formula is C9H8N2O2S. The number of rotatable bonds is 3. The van der Waals surface area contributed by atoms with E-state index >= 15 is 0 Å². The molecule has 1 aromatic heterocycles. The number of aromatic nitrogens is 1. The summed E-state index contributed by atoms with van der Waals surface area (Å²) >= 11 is 1.24. The summed E-state index contributed by atoms with van der Waals surface area (Å²) in [6.45, 7) is 0. The van der Waals surface area contributed by atoms with Crippen LogP contribution in [0, 0.1) is 11.3 Å². The number of carbonyl (C=O) groups is 1. The van der Waals surface area contributed by atoms with Gasteiger partial charge in [0.05, 0.1) is 12.9 Å². The molecule has 0 bridgehead atoms. The van der Waals surface area contributed by atoms with Crippen LogP contribution in [0.25, 0.3) is 0 Å². The number of ether oxygens (including phenoxy) is 1. The maximum absolute atomic E-state index is 10.8. The number of hydrogen-bond acceptors (Lipinski definition) is 5. The lowest BCUT2D eigenvalue weighted by Gasteiger charge is -2.00. The van der Waals surface area contributed by atoms with Crippen molar-refractivity contribution in [3.63, 3.8) is 0 Å². The first-order valence-corrected chi connectivity index (χ1v) is 4.81. The Morgan fingerprint density at radius 2 is 2.57 bits per heavy atom. The number of esters is 1. The van der Waals surface area contributed by atoms with E-state index in [1.54, 1.807) is 18.3 Å². The van der Waals surface area contributed by atoms with Gasteiger partial charge in [-0.2, -0.15) is 5.26 Å². The fourth-order valence-corrected chi connectivity index (χ4v) is 1.59. The van der Waals surface area contributed by atoms with Gasteiger partial charge in [0, 0.05) is 11.1 Å². The zero-order chi connectivity index (χ0) is 10.4. The lowest BCUT2D eigenvalue weighted by Crippen LogP contribution is -2.03. The molecular weight excluding hydrogens is 200 g/mol. The van der Waals surface area contributed by atoms with E-state index in [1.807, 2.05) is 6.07 Å². The highest BCUT2D eigenvalue weighted by molar-refractivity contribution is 8.00. The standard InChI is InChI=1S/C9H8N2O2S/c1-13-9(12)6-14-8-3-2-4-11-7(8)5-10/h2-4H,6H2,1H3. The first kappa shape index (κ1) is 10.5. The molecule has 0 spiro atoms. The zero-order valence-corrected chi connectivity index (χ0v) is 8.37. The predicted molar refractivity (Wildman–Crippen MR) is 51.7 cm³/mol. The normalized spacial score (nSPS) is 9.14. The Hall–Kier alpha value is -1.54. The lowest BCUT2D eigenvalue weighted by molar-refractivity contribution is -0.137. The molecule has 14 heavy (non-hydrogen) atoms. The monoisotopic (exact) mass is 208 g/mol. The molecule has 0 amide bonds. The Bertz CT molecular complexity index is 373. The zero-order valence-electron chi connectivity index (χ0n) is 7.56. The van der Waals surface area contributed by atoms with Gasteiger partial charge in [-0.05, 0) is 12.1 Å². The van der Waals surface area contributed by atoms with Gasteiger partial charge in [0.25, 0.3) is 0 Å². The molecule has 0 saturated heterocycles. The molecule has 4 nitrogen and oxygen atoms in total. The van der Waals surface area contributed by atoms with Gasteiger partial charge in [0.2, 0.25) is 0 Å². The molecule has 0 unspecified atom stereocenters. The van der Waals surface area contributed by atoms with Crippen LogP contribution in [0.4, 0.5) is 0 Å². The average molecular weight is 208 g/mol. The Labute approximate surface area is 85.9 Å². The molecule has 0 aliphatic carbocycles. The van der Waals surface area contributed by atoms with Crippen molar-refractivity contribution >= 4 is 17.7 Å². The molecule has 72 valence electrons. The Morgan fingerprint density at radius 1 is 1.79 bits per heavy atom. The van der Waals surface area contributed by atoms with Gasteiger partial charge in [-0.3, -0.25) is 4.79 Å². The molecule has 0 fully saturated rings. The van der Waals surface area contributed by atoms with E-state index in [0.717, 1.165) is 0 Å². The predicted octanol–water partition coefficient (Wildman–Crippen LogP) is 1.22. The van der Waals surface area contributed by atoms with Gasteiger partial charge in [-0.15, -0.1) is 11.8 Å². The highest BCUT2D eigenvalue weighted by atomic mass is 32.2. The van der Waals surface area contributed by atoms with Crippen LogP contribution >= 0.6 is 11.8 Å². The lowest BCUT2D eigenvalue weighted by atomic mass is 10.4. The largest absolute Gasteiger partial charge is 0.468 e. The topological polar surface area (TPSA) is 63.0 Å². The summed E-state index contributed by atoms with van der Waals surface area (Å²) in [5.41, 5.74) is 0.335. The number of hydrogen-bond donors (Lipinski definition) is 0. The van der Waals surface area contributed by atoms with Crippen molar-refractivity contribution in [3.8, 4) is 6.07 Å². The first-order chi connectivity index (χ1) is 6.77. The summed E-state index contributed by atoms with van der Waals surface area (Å²) in [7, 11) is 1.33. The molecule has 1 aromatic rings. The van der Waals surface area contributed by atoms with E-state index in [-0.39, 0.29) is 11.7 Å². The summed E-state index contributed by atoms with van der Waals surface area (Å²) in [5.74, 6) is -0.126. The summed E-state index contributed by atoms with van der Waals surface area (Å²) in [6.07, 6.45) is 1.54. The minimum atomic E-state index is -0.317. The van der Waals surface area contributed by atoms with Crippen LogP contribution in [-0.4, -0.2) is 23.8 Å². The van der Waals surface area contributed by atoms with Crippen molar-refractivity contribution < 1.29 is 9.53 Å². The minimum absolute atomic E-state index is 0.191. The molecule has 0 atom stereocenters. The molecule has 0 aliphatic rings. The third-order valence-corrected chi connectivity index (χ3v) is 2.47.